The monoisotopic (exact) mass is 208 g/mol. The van der Waals surface area contributed by atoms with Crippen molar-refractivity contribution in [1.29, 1.82) is 0 Å². The number of hydrogen-bond donors (Lipinski definition) is 1. The number of hydrogen-bond acceptors (Lipinski definition) is 2. The first-order chi connectivity index (χ1) is 7.18. The maximum Gasteiger partial charge on any atom is 0.128 e. The second kappa shape index (κ2) is 4.19. The normalized spacial score (nSPS) is 19.1. The van der Waals surface area contributed by atoms with Gasteiger partial charge in [0.15, 0.2) is 0 Å². The Morgan fingerprint density at radius 1 is 1.47 bits per heavy atom. The minimum Gasteiger partial charge on any atom is -0.384 e. The van der Waals surface area contributed by atoms with Gasteiger partial charge in [-0.1, -0.05) is 6.07 Å². The van der Waals surface area contributed by atoms with E-state index >= 15 is 0 Å². The highest BCUT2D eigenvalue weighted by molar-refractivity contribution is 5.58. The molecule has 1 heterocycles. The van der Waals surface area contributed by atoms with Gasteiger partial charge < -0.3 is 10.2 Å². The van der Waals surface area contributed by atoms with E-state index in [1.54, 1.807) is 12.1 Å². The molecular weight excluding hydrogens is 191 g/mol. The van der Waals surface area contributed by atoms with Gasteiger partial charge in [-0.25, -0.2) is 4.39 Å². The fraction of sp³-hybridized carbons (Fsp3) is 0.500. The first-order valence-corrected chi connectivity index (χ1v) is 5.35. The predicted octanol–water partition coefficient (Wildman–Crippen LogP) is 2.29. The van der Waals surface area contributed by atoms with Gasteiger partial charge in [-0.05, 0) is 39.2 Å². The van der Waals surface area contributed by atoms with Crippen LogP contribution < -0.4 is 5.32 Å². The Bertz CT molecular complexity index is 349. The summed E-state index contributed by atoms with van der Waals surface area (Å²) in [6.45, 7) is 1.87. The molecule has 0 fully saturated rings. The molecule has 0 saturated heterocycles. The zero-order chi connectivity index (χ0) is 10.8. The standard InChI is InChI=1S/C12H17FN2/c1-15(2)7-6-9-8-14-11-5-3-4-10(13)12(9)11/h3-5,9,14H,6-8H2,1-2H3/t9-/m0/s1. The Morgan fingerprint density at radius 3 is 3.00 bits per heavy atom. The van der Waals surface area contributed by atoms with E-state index in [0.29, 0.717) is 5.92 Å². The van der Waals surface area contributed by atoms with E-state index in [0.717, 1.165) is 30.8 Å². The highest BCUT2D eigenvalue weighted by Crippen LogP contribution is 2.35. The number of rotatable bonds is 3. The maximum absolute atomic E-state index is 13.6. The Labute approximate surface area is 90.1 Å². The molecule has 1 aliphatic rings. The molecule has 2 nitrogen and oxygen atoms in total. The molecule has 0 spiro atoms. The zero-order valence-electron chi connectivity index (χ0n) is 9.26. The molecule has 1 N–H and O–H groups in total. The third kappa shape index (κ3) is 2.12. The van der Waals surface area contributed by atoms with Crippen molar-refractivity contribution in [2.75, 3.05) is 32.5 Å². The second-order valence-electron chi connectivity index (χ2n) is 4.37. The summed E-state index contributed by atoms with van der Waals surface area (Å²) < 4.78 is 13.6. The van der Waals surface area contributed by atoms with Crippen LogP contribution in [0.2, 0.25) is 0 Å². The highest BCUT2D eigenvalue weighted by atomic mass is 19.1. The summed E-state index contributed by atoms with van der Waals surface area (Å²) in [6.07, 6.45) is 1.01. The summed E-state index contributed by atoms with van der Waals surface area (Å²) in [6, 6.07) is 5.26. The topological polar surface area (TPSA) is 15.3 Å². The summed E-state index contributed by atoms with van der Waals surface area (Å²) in [5, 5.41) is 3.26. The van der Waals surface area contributed by atoms with E-state index in [2.05, 4.69) is 10.2 Å². The SMILES string of the molecule is CN(C)CC[C@H]1CNc2cccc(F)c21. The summed E-state index contributed by atoms with van der Waals surface area (Å²) in [5.41, 5.74) is 1.85. The molecule has 1 aromatic carbocycles. The van der Waals surface area contributed by atoms with Crippen molar-refractivity contribution >= 4 is 5.69 Å². The third-order valence-corrected chi connectivity index (χ3v) is 2.92. The molecule has 0 bridgehead atoms. The van der Waals surface area contributed by atoms with E-state index in [4.69, 9.17) is 0 Å². The lowest BCUT2D eigenvalue weighted by Crippen LogP contribution is -2.17. The molecule has 2 rings (SSSR count). The van der Waals surface area contributed by atoms with Crippen LogP contribution >= 0.6 is 0 Å². The van der Waals surface area contributed by atoms with E-state index in [9.17, 15) is 4.39 Å². The Balaban J connectivity index is 2.13. The van der Waals surface area contributed by atoms with Gasteiger partial charge in [0.25, 0.3) is 0 Å². The molecule has 82 valence electrons. The number of fused-ring (bicyclic) bond motifs is 1. The molecule has 3 heteroatoms. The molecule has 1 aliphatic heterocycles. The molecule has 15 heavy (non-hydrogen) atoms. The summed E-state index contributed by atoms with van der Waals surface area (Å²) in [5.74, 6) is 0.254. The predicted molar refractivity (Wildman–Crippen MR) is 60.8 cm³/mol. The number of anilines is 1. The van der Waals surface area contributed by atoms with Crippen molar-refractivity contribution in [1.82, 2.24) is 4.90 Å². The fourth-order valence-electron chi connectivity index (χ4n) is 2.10. The summed E-state index contributed by atoms with van der Waals surface area (Å²) in [4.78, 5) is 2.14. The molecule has 0 radical (unpaired) electrons. The van der Waals surface area contributed by atoms with Crippen LogP contribution in [0.1, 0.15) is 17.9 Å². The van der Waals surface area contributed by atoms with E-state index in [1.165, 1.54) is 0 Å². The summed E-state index contributed by atoms with van der Waals surface area (Å²) in [7, 11) is 4.09. The summed E-state index contributed by atoms with van der Waals surface area (Å²) >= 11 is 0. The van der Waals surface area contributed by atoms with Gasteiger partial charge in [0.1, 0.15) is 5.82 Å². The smallest absolute Gasteiger partial charge is 0.128 e. The fourth-order valence-corrected chi connectivity index (χ4v) is 2.10. The van der Waals surface area contributed by atoms with Crippen molar-refractivity contribution in [2.24, 2.45) is 0 Å². The minimum atomic E-state index is -0.0683. The van der Waals surface area contributed by atoms with Crippen LogP contribution in [0.3, 0.4) is 0 Å². The number of nitrogens with zero attached hydrogens (tertiary/aromatic N) is 1. The highest BCUT2D eigenvalue weighted by Gasteiger charge is 2.24. The Kier molecular flexibility index (Phi) is 2.91. The molecule has 0 saturated carbocycles. The average Bonchev–Trinajstić information content (AvgIpc) is 2.59. The van der Waals surface area contributed by atoms with Gasteiger partial charge in [0.2, 0.25) is 0 Å². The van der Waals surface area contributed by atoms with Crippen molar-refractivity contribution < 1.29 is 4.39 Å². The van der Waals surface area contributed by atoms with E-state index < -0.39 is 0 Å². The first-order valence-electron chi connectivity index (χ1n) is 5.35. The lowest BCUT2D eigenvalue weighted by atomic mass is 9.97. The van der Waals surface area contributed by atoms with Crippen LogP contribution in [-0.4, -0.2) is 32.1 Å². The van der Waals surface area contributed by atoms with Crippen LogP contribution in [0.15, 0.2) is 18.2 Å². The molecular formula is C12H17FN2. The quantitative estimate of drug-likeness (QED) is 0.820. The van der Waals surface area contributed by atoms with Crippen molar-refractivity contribution in [3.05, 3.63) is 29.6 Å². The molecule has 1 aromatic rings. The van der Waals surface area contributed by atoms with Crippen molar-refractivity contribution in [3.63, 3.8) is 0 Å². The van der Waals surface area contributed by atoms with Crippen LogP contribution in [0.25, 0.3) is 0 Å². The third-order valence-electron chi connectivity index (χ3n) is 2.92. The Hall–Kier alpha value is -1.09. The second-order valence-corrected chi connectivity index (χ2v) is 4.37. The van der Waals surface area contributed by atoms with Crippen LogP contribution in [0.5, 0.6) is 0 Å². The first kappa shape index (κ1) is 10.4. The van der Waals surface area contributed by atoms with Gasteiger partial charge in [0, 0.05) is 23.7 Å². The molecule has 0 amide bonds. The van der Waals surface area contributed by atoms with Crippen LogP contribution in [-0.2, 0) is 0 Å². The van der Waals surface area contributed by atoms with E-state index in [-0.39, 0.29) is 5.82 Å². The number of benzene rings is 1. The van der Waals surface area contributed by atoms with Crippen LogP contribution in [0.4, 0.5) is 10.1 Å². The van der Waals surface area contributed by atoms with Gasteiger partial charge in [-0.3, -0.25) is 0 Å². The average molecular weight is 208 g/mol. The zero-order valence-corrected chi connectivity index (χ0v) is 9.26. The number of nitrogens with one attached hydrogen (secondary N) is 1. The van der Waals surface area contributed by atoms with Crippen LogP contribution in [0, 0.1) is 5.82 Å². The van der Waals surface area contributed by atoms with Crippen molar-refractivity contribution in [2.45, 2.75) is 12.3 Å². The molecule has 0 aliphatic carbocycles. The van der Waals surface area contributed by atoms with Gasteiger partial charge in [-0.15, -0.1) is 0 Å². The number of halogens is 1. The Morgan fingerprint density at radius 2 is 2.27 bits per heavy atom. The maximum atomic E-state index is 13.6. The largest absolute Gasteiger partial charge is 0.384 e. The van der Waals surface area contributed by atoms with Gasteiger partial charge in [-0.2, -0.15) is 0 Å². The van der Waals surface area contributed by atoms with E-state index in [1.807, 2.05) is 20.2 Å². The van der Waals surface area contributed by atoms with Crippen molar-refractivity contribution in [3.8, 4) is 0 Å². The molecule has 1 atom stereocenters. The lowest BCUT2D eigenvalue weighted by molar-refractivity contribution is 0.383. The minimum absolute atomic E-state index is 0.0683. The molecule has 0 unspecified atom stereocenters. The van der Waals surface area contributed by atoms with Gasteiger partial charge in [0.05, 0.1) is 0 Å². The van der Waals surface area contributed by atoms with Gasteiger partial charge >= 0.3 is 0 Å². The molecule has 0 aromatic heterocycles. The lowest BCUT2D eigenvalue weighted by Gasteiger charge is -2.14.